The van der Waals surface area contributed by atoms with Crippen LogP contribution >= 0.6 is 0 Å². The second-order valence-corrected chi connectivity index (χ2v) is 9.02. The van der Waals surface area contributed by atoms with E-state index in [2.05, 4.69) is 4.99 Å². The van der Waals surface area contributed by atoms with Crippen LogP contribution in [0.4, 0.5) is 10.1 Å². The van der Waals surface area contributed by atoms with Crippen LogP contribution in [-0.4, -0.2) is 24.8 Å². The number of aliphatic imine (C=N–C) groups is 1. The Bertz CT molecular complexity index is 773. The number of hydrogen-bond acceptors (Lipinski definition) is 5. The van der Waals surface area contributed by atoms with Gasteiger partial charge in [-0.1, -0.05) is 0 Å². The Balaban J connectivity index is 2.18. The lowest BCUT2D eigenvalue weighted by Gasteiger charge is -2.40. The third-order valence-electron chi connectivity index (χ3n) is 4.92. The van der Waals surface area contributed by atoms with Crippen molar-refractivity contribution in [1.82, 2.24) is 0 Å². The van der Waals surface area contributed by atoms with E-state index in [1.165, 1.54) is 18.2 Å². The van der Waals surface area contributed by atoms with Crippen LogP contribution in [0.15, 0.2) is 23.2 Å². The fourth-order valence-corrected chi connectivity index (χ4v) is 5.65. The van der Waals surface area contributed by atoms with Crippen molar-refractivity contribution in [2.75, 3.05) is 11.5 Å². The minimum Gasteiger partial charge on any atom is -0.399 e. The topological polar surface area (TPSA) is 98.5 Å². The molecule has 1 aromatic carbocycles. The maximum absolute atomic E-state index is 14.2. The Kier molecular flexibility index (Phi) is 3.08. The molecule has 2 atom stereocenters. The fourth-order valence-electron chi connectivity index (χ4n) is 3.28. The van der Waals surface area contributed by atoms with Crippen molar-refractivity contribution in [1.29, 1.82) is 0 Å². The van der Waals surface area contributed by atoms with Gasteiger partial charge in [0.25, 0.3) is 0 Å². The van der Waals surface area contributed by atoms with Gasteiger partial charge in [-0.05, 0) is 50.8 Å². The first-order valence-electron chi connectivity index (χ1n) is 7.24. The van der Waals surface area contributed by atoms with E-state index in [-0.39, 0.29) is 23.1 Å². The predicted molar refractivity (Wildman–Crippen MR) is 84.7 cm³/mol. The lowest BCUT2D eigenvalue weighted by atomic mass is 9.92. The molecule has 1 heterocycles. The number of sulfone groups is 1. The maximum Gasteiger partial charge on any atom is 0.165 e. The molecule has 1 aliphatic carbocycles. The number of hydrogen-bond donors (Lipinski definition) is 2. The van der Waals surface area contributed by atoms with Crippen LogP contribution in [0.1, 0.15) is 32.3 Å². The Morgan fingerprint density at radius 2 is 1.91 bits per heavy atom. The summed E-state index contributed by atoms with van der Waals surface area (Å²) in [5.41, 5.74) is 11.0. The third-order valence-corrected chi connectivity index (χ3v) is 7.70. The van der Waals surface area contributed by atoms with E-state index < -0.39 is 25.9 Å². The molecule has 0 bridgehead atoms. The molecule has 0 aromatic heterocycles. The quantitative estimate of drug-likeness (QED) is 0.806. The number of rotatable bonds is 2. The molecule has 0 radical (unpaired) electrons. The molecule has 0 amide bonds. The number of nitrogen functional groups attached to an aromatic ring is 1. The zero-order valence-corrected chi connectivity index (χ0v) is 13.5. The molecule has 5 nitrogen and oxygen atoms in total. The van der Waals surface area contributed by atoms with Gasteiger partial charge < -0.3 is 11.5 Å². The van der Waals surface area contributed by atoms with Gasteiger partial charge in [0.1, 0.15) is 21.9 Å². The van der Waals surface area contributed by atoms with Gasteiger partial charge in [0.15, 0.2) is 9.84 Å². The molecule has 2 aliphatic rings. The predicted octanol–water partition coefficient (Wildman–Crippen LogP) is 1.58. The number of amidine groups is 1. The summed E-state index contributed by atoms with van der Waals surface area (Å²) in [7, 11) is -3.56. The van der Waals surface area contributed by atoms with Crippen molar-refractivity contribution < 1.29 is 12.8 Å². The summed E-state index contributed by atoms with van der Waals surface area (Å²) >= 11 is 0. The first kappa shape index (κ1) is 15.3. The van der Waals surface area contributed by atoms with Crippen LogP contribution in [0.3, 0.4) is 0 Å². The molecule has 0 saturated heterocycles. The zero-order valence-electron chi connectivity index (χ0n) is 12.6. The largest absolute Gasteiger partial charge is 0.399 e. The van der Waals surface area contributed by atoms with Gasteiger partial charge in [0.2, 0.25) is 0 Å². The second-order valence-electron chi connectivity index (χ2n) is 6.65. The average Bonchev–Trinajstić information content (AvgIpc) is 3.22. The van der Waals surface area contributed by atoms with Crippen molar-refractivity contribution in [2.45, 2.75) is 37.0 Å². The molecule has 0 spiro atoms. The standard InChI is InChI=1S/C15H20FN3O2S/c1-14(11-7-10(17)5-6-12(11)16)8-22(20,21)15(2,9-3-4-9)13(18)19-14/h5-7,9H,3-4,8,17H2,1-2H3,(H2,18,19)/t14-,15+/m0/s1. The van der Waals surface area contributed by atoms with Gasteiger partial charge in [-0.2, -0.15) is 0 Å². The summed E-state index contributed by atoms with van der Waals surface area (Å²) in [6.45, 7) is 3.22. The Morgan fingerprint density at radius 3 is 2.45 bits per heavy atom. The highest BCUT2D eigenvalue weighted by molar-refractivity contribution is 7.93. The van der Waals surface area contributed by atoms with Crippen LogP contribution in [-0.2, 0) is 15.4 Å². The summed E-state index contributed by atoms with van der Waals surface area (Å²) in [5, 5.41) is 0. The normalized spacial score (nSPS) is 34.2. The maximum atomic E-state index is 14.2. The fraction of sp³-hybridized carbons (Fsp3) is 0.533. The van der Waals surface area contributed by atoms with Crippen LogP contribution in [0.2, 0.25) is 0 Å². The van der Waals surface area contributed by atoms with Crippen molar-refractivity contribution in [3.63, 3.8) is 0 Å². The minimum absolute atomic E-state index is 0.0106. The van der Waals surface area contributed by atoms with E-state index in [9.17, 15) is 12.8 Å². The molecule has 0 unspecified atom stereocenters. The van der Waals surface area contributed by atoms with Gasteiger partial charge in [0.05, 0.1) is 5.75 Å². The van der Waals surface area contributed by atoms with Crippen molar-refractivity contribution >= 4 is 21.4 Å². The molecule has 22 heavy (non-hydrogen) atoms. The van der Waals surface area contributed by atoms with Gasteiger partial charge in [-0.3, -0.25) is 4.99 Å². The number of nitrogens with two attached hydrogens (primary N) is 2. The molecular weight excluding hydrogens is 305 g/mol. The Hall–Kier alpha value is -1.63. The molecule has 1 fully saturated rings. The van der Waals surface area contributed by atoms with Gasteiger partial charge in [-0.25, -0.2) is 12.8 Å². The SMILES string of the molecule is C[C@@]1(C2CC2)C(N)=N[C@](C)(c2cc(N)ccc2F)CS1(=O)=O. The molecular formula is C15H20FN3O2S. The van der Waals surface area contributed by atoms with Crippen molar-refractivity contribution in [3.05, 3.63) is 29.6 Å². The molecule has 3 rings (SSSR count). The van der Waals surface area contributed by atoms with Crippen LogP contribution < -0.4 is 11.5 Å². The molecule has 1 aliphatic heterocycles. The lowest BCUT2D eigenvalue weighted by Crippen LogP contribution is -2.58. The highest BCUT2D eigenvalue weighted by Gasteiger charge is 2.58. The Morgan fingerprint density at radius 1 is 1.27 bits per heavy atom. The summed E-state index contributed by atoms with van der Waals surface area (Å²) in [6, 6.07) is 4.09. The number of nitrogens with zero attached hydrogens (tertiary/aromatic N) is 1. The summed E-state index contributed by atoms with van der Waals surface area (Å²) in [4.78, 5) is 4.42. The van der Waals surface area contributed by atoms with Crippen molar-refractivity contribution in [2.24, 2.45) is 16.6 Å². The summed E-state index contributed by atoms with van der Waals surface area (Å²) in [5.74, 6) is -0.714. The van der Waals surface area contributed by atoms with Crippen LogP contribution in [0.25, 0.3) is 0 Å². The van der Waals surface area contributed by atoms with E-state index >= 15 is 0 Å². The second kappa shape index (κ2) is 4.44. The monoisotopic (exact) mass is 325 g/mol. The molecule has 120 valence electrons. The molecule has 7 heteroatoms. The summed E-state index contributed by atoms with van der Waals surface area (Å²) in [6.07, 6.45) is 1.66. The Labute approximate surface area is 129 Å². The molecule has 4 N–H and O–H groups in total. The van der Waals surface area contributed by atoms with Crippen LogP contribution in [0, 0.1) is 11.7 Å². The number of benzene rings is 1. The summed E-state index contributed by atoms with van der Waals surface area (Å²) < 4.78 is 38.8. The van der Waals surface area contributed by atoms with E-state index in [1.807, 2.05) is 0 Å². The average molecular weight is 325 g/mol. The lowest BCUT2D eigenvalue weighted by molar-refractivity contribution is 0.463. The van der Waals surface area contributed by atoms with E-state index in [0.29, 0.717) is 5.69 Å². The van der Waals surface area contributed by atoms with Crippen LogP contribution in [0.5, 0.6) is 0 Å². The smallest absolute Gasteiger partial charge is 0.165 e. The van der Waals surface area contributed by atoms with Crippen molar-refractivity contribution in [3.8, 4) is 0 Å². The highest BCUT2D eigenvalue weighted by atomic mass is 32.2. The number of anilines is 1. The highest BCUT2D eigenvalue weighted by Crippen LogP contribution is 2.49. The third kappa shape index (κ3) is 2.02. The van der Waals surface area contributed by atoms with E-state index in [0.717, 1.165) is 12.8 Å². The van der Waals surface area contributed by atoms with Gasteiger partial charge in [-0.15, -0.1) is 0 Å². The van der Waals surface area contributed by atoms with Gasteiger partial charge in [0, 0.05) is 11.3 Å². The first-order valence-corrected chi connectivity index (χ1v) is 8.89. The first-order chi connectivity index (χ1) is 10.1. The zero-order chi connectivity index (χ0) is 16.3. The molecule has 1 saturated carbocycles. The van der Waals surface area contributed by atoms with E-state index in [4.69, 9.17) is 11.5 Å². The minimum atomic E-state index is -3.56. The van der Waals surface area contributed by atoms with Gasteiger partial charge >= 0.3 is 0 Å². The molecule has 1 aromatic rings. The van der Waals surface area contributed by atoms with E-state index in [1.54, 1.807) is 13.8 Å². The number of halogens is 1.